The quantitative estimate of drug-likeness (QED) is 0.833. The van der Waals surface area contributed by atoms with E-state index >= 15 is 0 Å². The molecule has 0 radical (unpaired) electrons. The summed E-state index contributed by atoms with van der Waals surface area (Å²) in [5.41, 5.74) is -0.881. The van der Waals surface area contributed by atoms with Gasteiger partial charge < -0.3 is 9.64 Å². The lowest BCUT2D eigenvalue weighted by atomic mass is 9.94. The van der Waals surface area contributed by atoms with Crippen LogP contribution in [-0.4, -0.2) is 28.5 Å². The van der Waals surface area contributed by atoms with Crippen LogP contribution in [0.4, 0.5) is 0 Å². The largest absolute Gasteiger partial charge is 0.478 e. The van der Waals surface area contributed by atoms with Gasteiger partial charge in [0.15, 0.2) is 5.60 Å². The molecule has 0 spiro atoms. The molecule has 0 unspecified atom stereocenters. The van der Waals surface area contributed by atoms with Crippen molar-refractivity contribution < 1.29 is 9.53 Å². The van der Waals surface area contributed by atoms with Crippen LogP contribution in [0.5, 0.6) is 5.75 Å². The number of hydrogen-bond donors (Lipinski definition) is 0. The van der Waals surface area contributed by atoms with Gasteiger partial charge in [0.1, 0.15) is 5.75 Å². The fourth-order valence-electron chi connectivity index (χ4n) is 2.97. The Balaban J connectivity index is 2.13. The zero-order chi connectivity index (χ0) is 15.6. The first-order chi connectivity index (χ1) is 9.81. The van der Waals surface area contributed by atoms with E-state index in [0.29, 0.717) is 10.8 Å². The molecule has 1 saturated heterocycles. The Labute approximate surface area is 132 Å². The molecule has 1 heterocycles. The number of carbonyl (C=O) groups excluding carboxylic acids is 1. The molecule has 0 aliphatic carbocycles. The fourth-order valence-corrected chi connectivity index (χ4v) is 3.10. The van der Waals surface area contributed by atoms with Crippen LogP contribution in [-0.2, 0) is 4.79 Å². The van der Waals surface area contributed by atoms with E-state index in [9.17, 15) is 4.79 Å². The Morgan fingerprint density at radius 3 is 2.24 bits per heavy atom. The Morgan fingerprint density at radius 1 is 1.19 bits per heavy atom. The molecule has 1 aliphatic heterocycles. The molecule has 2 atom stereocenters. The van der Waals surface area contributed by atoms with Crippen molar-refractivity contribution >= 4 is 17.5 Å². The van der Waals surface area contributed by atoms with Crippen molar-refractivity contribution in [1.82, 2.24) is 4.90 Å². The molecule has 1 fully saturated rings. The van der Waals surface area contributed by atoms with Gasteiger partial charge in [-0.05, 0) is 71.2 Å². The minimum atomic E-state index is -0.881. The van der Waals surface area contributed by atoms with Crippen molar-refractivity contribution in [2.24, 2.45) is 0 Å². The van der Waals surface area contributed by atoms with Gasteiger partial charge in [-0.2, -0.15) is 0 Å². The summed E-state index contributed by atoms with van der Waals surface area (Å²) >= 11 is 5.87. The van der Waals surface area contributed by atoms with E-state index in [1.807, 2.05) is 18.7 Å². The number of piperidine rings is 1. The van der Waals surface area contributed by atoms with Crippen molar-refractivity contribution in [2.75, 3.05) is 0 Å². The monoisotopic (exact) mass is 309 g/mol. The average molecular weight is 310 g/mol. The second-order valence-corrected chi connectivity index (χ2v) is 6.84. The molecule has 1 aromatic rings. The number of nitrogens with zero attached hydrogens (tertiary/aromatic N) is 1. The number of amides is 1. The third kappa shape index (κ3) is 3.70. The predicted octanol–water partition coefficient (Wildman–Crippen LogP) is 4.29. The highest BCUT2D eigenvalue weighted by molar-refractivity contribution is 6.30. The van der Waals surface area contributed by atoms with Crippen LogP contribution in [0.2, 0.25) is 5.02 Å². The van der Waals surface area contributed by atoms with Gasteiger partial charge in [0, 0.05) is 17.1 Å². The summed E-state index contributed by atoms with van der Waals surface area (Å²) < 4.78 is 5.92. The first-order valence-corrected chi connectivity index (χ1v) is 7.96. The van der Waals surface area contributed by atoms with Crippen LogP contribution in [0.25, 0.3) is 0 Å². The summed E-state index contributed by atoms with van der Waals surface area (Å²) in [7, 11) is 0. The Morgan fingerprint density at radius 2 is 1.71 bits per heavy atom. The maximum Gasteiger partial charge on any atom is 0.266 e. The Bertz CT molecular complexity index is 488. The molecule has 21 heavy (non-hydrogen) atoms. The number of halogens is 1. The molecule has 0 bridgehead atoms. The lowest BCUT2D eigenvalue weighted by Crippen LogP contribution is -2.56. The van der Waals surface area contributed by atoms with Gasteiger partial charge in [0.2, 0.25) is 0 Å². The van der Waals surface area contributed by atoms with Gasteiger partial charge in [-0.1, -0.05) is 11.6 Å². The van der Waals surface area contributed by atoms with Crippen LogP contribution >= 0.6 is 11.6 Å². The van der Waals surface area contributed by atoms with Crippen LogP contribution in [0, 0.1) is 0 Å². The summed E-state index contributed by atoms with van der Waals surface area (Å²) in [4.78, 5) is 14.9. The van der Waals surface area contributed by atoms with E-state index in [-0.39, 0.29) is 18.0 Å². The molecule has 0 N–H and O–H groups in total. The number of hydrogen-bond acceptors (Lipinski definition) is 2. The number of rotatable bonds is 3. The molecule has 2 rings (SSSR count). The van der Waals surface area contributed by atoms with Crippen molar-refractivity contribution in [1.29, 1.82) is 0 Å². The highest BCUT2D eigenvalue weighted by Gasteiger charge is 2.39. The van der Waals surface area contributed by atoms with Crippen LogP contribution in [0.15, 0.2) is 24.3 Å². The summed E-state index contributed by atoms with van der Waals surface area (Å²) in [5, 5.41) is 0.657. The van der Waals surface area contributed by atoms with E-state index in [1.165, 1.54) is 6.42 Å². The first kappa shape index (κ1) is 16.2. The molecule has 1 amide bonds. The topological polar surface area (TPSA) is 29.5 Å². The summed E-state index contributed by atoms with van der Waals surface area (Å²) in [6.45, 7) is 7.90. The highest BCUT2D eigenvalue weighted by Crippen LogP contribution is 2.28. The fraction of sp³-hybridized carbons (Fsp3) is 0.588. The molecule has 0 aromatic heterocycles. The molecule has 116 valence electrons. The van der Waals surface area contributed by atoms with Gasteiger partial charge >= 0.3 is 0 Å². The van der Waals surface area contributed by atoms with Gasteiger partial charge in [0.05, 0.1) is 0 Å². The van der Waals surface area contributed by atoms with Crippen LogP contribution < -0.4 is 4.74 Å². The van der Waals surface area contributed by atoms with Crippen molar-refractivity contribution in [2.45, 2.75) is 64.6 Å². The number of carbonyl (C=O) groups is 1. The number of ether oxygens (including phenoxy) is 1. The maximum atomic E-state index is 12.9. The SMILES string of the molecule is C[C@@H]1CCC[C@@H](C)N1C(=O)C(C)(C)Oc1ccc(Cl)cc1. The minimum absolute atomic E-state index is 0.0529. The highest BCUT2D eigenvalue weighted by atomic mass is 35.5. The predicted molar refractivity (Wildman–Crippen MR) is 85.8 cm³/mol. The van der Waals surface area contributed by atoms with E-state index in [1.54, 1.807) is 24.3 Å². The third-order valence-electron chi connectivity index (χ3n) is 4.13. The van der Waals surface area contributed by atoms with E-state index in [4.69, 9.17) is 16.3 Å². The lowest BCUT2D eigenvalue weighted by molar-refractivity contribution is -0.151. The molecule has 1 aromatic carbocycles. The summed E-state index contributed by atoms with van der Waals surface area (Å²) in [5.74, 6) is 0.715. The summed E-state index contributed by atoms with van der Waals surface area (Å²) in [6.07, 6.45) is 3.31. The van der Waals surface area contributed by atoms with Crippen LogP contribution in [0.3, 0.4) is 0 Å². The Hall–Kier alpha value is -1.22. The van der Waals surface area contributed by atoms with Gasteiger partial charge in [-0.25, -0.2) is 0 Å². The molecule has 0 saturated carbocycles. The standard InChI is InChI=1S/C17H24ClNO2/c1-12-6-5-7-13(2)19(12)16(20)17(3,4)21-15-10-8-14(18)9-11-15/h8-13H,5-7H2,1-4H3/t12-,13-/m1/s1. The summed E-state index contributed by atoms with van der Waals surface area (Å²) in [6, 6.07) is 7.66. The van der Waals surface area contributed by atoms with Crippen molar-refractivity contribution in [3.63, 3.8) is 0 Å². The average Bonchev–Trinajstić information content (AvgIpc) is 2.41. The second kappa shape index (κ2) is 6.27. The minimum Gasteiger partial charge on any atom is -0.478 e. The molecule has 1 aliphatic rings. The van der Waals surface area contributed by atoms with Gasteiger partial charge in [0.25, 0.3) is 5.91 Å². The van der Waals surface area contributed by atoms with Gasteiger partial charge in [-0.15, -0.1) is 0 Å². The van der Waals surface area contributed by atoms with E-state index in [2.05, 4.69) is 13.8 Å². The lowest BCUT2D eigenvalue weighted by Gasteiger charge is -2.42. The smallest absolute Gasteiger partial charge is 0.266 e. The van der Waals surface area contributed by atoms with Crippen molar-refractivity contribution in [3.8, 4) is 5.75 Å². The van der Waals surface area contributed by atoms with E-state index < -0.39 is 5.60 Å². The molecular weight excluding hydrogens is 286 g/mol. The molecule has 4 heteroatoms. The normalized spacial score (nSPS) is 23.0. The zero-order valence-electron chi connectivity index (χ0n) is 13.2. The second-order valence-electron chi connectivity index (χ2n) is 6.41. The maximum absolute atomic E-state index is 12.9. The van der Waals surface area contributed by atoms with Crippen molar-refractivity contribution in [3.05, 3.63) is 29.3 Å². The zero-order valence-corrected chi connectivity index (χ0v) is 14.0. The van der Waals surface area contributed by atoms with Crippen LogP contribution in [0.1, 0.15) is 47.0 Å². The van der Waals surface area contributed by atoms with E-state index in [0.717, 1.165) is 12.8 Å². The first-order valence-electron chi connectivity index (χ1n) is 7.58. The number of likely N-dealkylation sites (tertiary alicyclic amines) is 1. The van der Waals surface area contributed by atoms with Gasteiger partial charge in [-0.3, -0.25) is 4.79 Å². The number of benzene rings is 1. The molecular formula is C17H24ClNO2. The third-order valence-corrected chi connectivity index (χ3v) is 4.38. The Kier molecular flexibility index (Phi) is 4.82. The molecule has 3 nitrogen and oxygen atoms in total.